The summed E-state index contributed by atoms with van der Waals surface area (Å²) in [4.78, 5) is 0. The van der Waals surface area contributed by atoms with Gasteiger partial charge in [0.1, 0.15) is 0 Å². The summed E-state index contributed by atoms with van der Waals surface area (Å²) in [6, 6.07) is 15.4. The Morgan fingerprint density at radius 1 is 0.900 bits per heavy atom. The Kier molecular flexibility index (Phi) is 3.06. The van der Waals surface area contributed by atoms with E-state index in [1.54, 1.807) is 0 Å². The third-order valence-electron chi connectivity index (χ3n) is 4.29. The maximum atomic E-state index is 5.53. The van der Waals surface area contributed by atoms with Crippen molar-refractivity contribution in [1.82, 2.24) is 0 Å². The average Bonchev–Trinajstić information content (AvgIpc) is 3.12. The molecular formula is C18H18O2. The van der Waals surface area contributed by atoms with E-state index in [-0.39, 0.29) is 6.29 Å². The zero-order valence-electron chi connectivity index (χ0n) is 11.5. The van der Waals surface area contributed by atoms with E-state index in [4.69, 9.17) is 9.47 Å². The Bertz CT molecular complexity index is 627. The molecule has 1 saturated heterocycles. The fourth-order valence-corrected chi connectivity index (χ4v) is 3.30. The van der Waals surface area contributed by atoms with Crippen molar-refractivity contribution in [2.45, 2.75) is 25.6 Å². The number of hydrogen-bond donors (Lipinski definition) is 0. The van der Waals surface area contributed by atoms with Gasteiger partial charge in [0.25, 0.3) is 0 Å². The van der Waals surface area contributed by atoms with Gasteiger partial charge in [0.2, 0.25) is 0 Å². The molecule has 0 aromatic heterocycles. The zero-order chi connectivity index (χ0) is 13.4. The lowest BCUT2D eigenvalue weighted by molar-refractivity contribution is -0.0462. The van der Waals surface area contributed by atoms with E-state index >= 15 is 0 Å². The Labute approximate surface area is 119 Å². The van der Waals surface area contributed by atoms with Crippen LogP contribution in [0, 0.1) is 0 Å². The van der Waals surface area contributed by atoms with E-state index in [0.717, 1.165) is 32.5 Å². The third-order valence-corrected chi connectivity index (χ3v) is 4.29. The molecule has 2 heteroatoms. The molecule has 2 aromatic carbocycles. The van der Waals surface area contributed by atoms with Crippen molar-refractivity contribution < 1.29 is 9.47 Å². The van der Waals surface area contributed by atoms with Gasteiger partial charge in [-0.25, -0.2) is 0 Å². The molecule has 0 spiro atoms. The van der Waals surface area contributed by atoms with E-state index in [2.05, 4.69) is 42.5 Å². The second-order valence-corrected chi connectivity index (χ2v) is 5.49. The van der Waals surface area contributed by atoms with Crippen LogP contribution in [0.4, 0.5) is 0 Å². The van der Waals surface area contributed by atoms with Gasteiger partial charge in [-0.1, -0.05) is 42.5 Å². The van der Waals surface area contributed by atoms with Gasteiger partial charge >= 0.3 is 0 Å². The minimum atomic E-state index is -0.00497. The number of aryl methyl sites for hydroxylation is 1. The smallest absolute Gasteiger partial charge is 0.158 e. The first-order chi connectivity index (χ1) is 9.92. The fourth-order valence-electron chi connectivity index (χ4n) is 3.30. The SMILES string of the molecule is c1ccc2c(c1)Cc1c(CCC3OCCO3)cccc1-2. The molecule has 4 rings (SSSR count). The molecule has 0 bridgehead atoms. The molecule has 1 fully saturated rings. The summed E-state index contributed by atoms with van der Waals surface area (Å²) in [6.07, 6.45) is 3.04. The highest BCUT2D eigenvalue weighted by atomic mass is 16.7. The van der Waals surface area contributed by atoms with Crippen LogP contribution in [0.25, 0.3) is 11.1 Å². The summed E-state index contributed by atoms with van der Waals surface area (Å²) in [5.41, 5.74) is 7.19. The standard InChI is InChI=1S/C18H18O2/c1-2-6-15-14(4-1)12-17-13(5-3-7-16(15)17)8-9-18-19-10-11-20-18/h1-7,18H,8-12H2. The predicted octanol–water partition coefficient (Wildman–Crippen LogP) is 3.56. The minimum Gasteiger partial charge on any atom is -0.350 e. The summed E-state index contributed by atoms with van der Waals surface area (Å²) >= 11 is 0. The normalized spacial score (nSPS) is 17.2. The van der Waals surface area contributed by atoms with E-state index in [9.17, 15) is 0 Å². The summed E-state index contributed by atoms with van der Waals surface area (Å²) in [6.45, 7) is 1.48. The molecule has 0 saturated carbocycles. The van der Waals surface area contributed by atoms with Crippen LogP contribution in [-0.2, 0) is 22.3 Å². The molecule has 2 aromatic rings. The molecule has 20 heavy (non-hydrogen) atoms. The van der Waals surface area contributed by atoms with Crippen molar-refractivity contribution >= 4 is 0 Å². The van der Waals surface area contributed by atoms with E-state index in [1.807, 2.05) is 0 Å². The minimum absolute atomic E-state index is 0.00497. The Balaban J connectivity index is 1.60. The summed E-state index contributed by atoms with van der Waals surface area (Å²) in [5, 5.41) is 0. The molecule has 0 radical (unpaired) electrons. The second kappa shape index (κ2) is 5.04. The van der Waals surface area contributed by atoms with Crippen molar-refractivity contribution in [1.29, 1.82) is 0 Å². The predicted molar refractivity (Wildman–Crippen MR) is 78.7 cm³/mol. The van der Waals surface area contributed by atoms with Crippen LogP contribution in [0.2, 0.25) is 0 Å². The van der Waals surface area contributed by atoms with Crippen molar-refractivity contribution in [2.75, 3.05) is 13.2 Å². The highest BCUT2D eigenvalue weighted by Crippen LogP contribution is 2.38. The van der Waals surface area contributed by atoms with E-state index in [1.165, 1.54) is 27.8 Å². The second-order valence-electron chi connectivity index (χ2n) is 5.49. The van der Waals surface area contributed by atoms with Crippen molar-refractivity contribution in [2.24, 2.45) is 0 Å². The first-order valence-corrected chi connectivity index (χ1v) is 7.34. The molecule has 1 aliphatic carbocycles. The highest BCUT2D eigenvalue weighted by molar-refractivity contribution is 5.77. The van der Waals surface area contributed by atoms with Crippen LogP contribution in [0.15, 0.2) is 42.5 Å². The van der Waals surface area contributed by atoms with Crippen LogP contribution in [0.5, 0.6) is 0 Å². The van der Waals surface area contributed by atoms with Gasteiger partial charge in [0.05, 0.1) is 13.2 Å². The molecule has 1 aliphatic heterocycles. The molecule has 0 unspecified atom stereocenters. The lowest BCUT2D eigenvalue weighted by Gasteiger charge is -2.11. The number of hydrogen-bond acceptors (Lipinski definition) is 2. The molecule has 1 heterocycles. The number of benzene rings is 2. The highest BCUT2D eigenvalue weighted by Gasteiger charge is 2.21. The molecular weight excluding hydrogens is 248 g/mol. The number of fused-ring (bicyclic) bond motifs is 3. The van der Waals surface area contributed by atoms with Crippen LogP contribution >= 0.6 is 0 Å². The van der Waals surface area contributed by atoms with Gasteiger partial charge in [-0.2, -0.15) is 0 Å². The van der Waals surface area contributed by atoms with Gasteiger partial charge in [-0.05, 0) is 40.7 Å². The fraction of sp³-hybridized carbons (Fsp3) is 0.333. The van der Waals surface area contributed by atoms with Crippen molar-refractivity contribution in [3.63, 3.8) is 0 Å². The first kappa shape index (κ1) is 12.1. The van der Waals surface area contributed by atoms with Crippen LogP contribution in [0.3, 0.4) is 0 Å². The number of ether oxygens (including phenoxy) is 2. The third kappa shape index (κ3) is 2.05. The van der Waals surface area contributed by atoms with Gasteiger partial charge < -0.3 is 9.47 Å². The Morgan fingerprint density at radius 2 is 1.70 bits per heavy atom. The van der Waals surface area contributed by atoms with Gasteiger partial charge in [-0.15, -0.1) is 0 Å². The van der Waals surface area contributed by atoms with Crippen LogP contribution in [0.1, 0.15) is 23.1 Å². The molecule has 102 valence electrons. The van der Waals surface area contributed by atoms with Crippen molar-refractivity contribution in [3.8, 4) is 11.1 Å². The van der Waals surface area contributed by atoms with Crippen LogP contribution in [-0.4, -0.2) is 19.5 Å². The molecule has 2 nitrogen and oxygen atoms in total. The lowest BCUT2D eigenvalue weighted by Crippen LogP contribution is -2.09. The lowest BCUT2D eigenvalue weighted by atomic mass is 9.98. The molecule has 0 atom stereocenters. The molecule has 0 amide bonds. The average molecular weight is 266 g/mol. The summed E-state index contributed by atoms with van der Waals surface area (Å²) in [7, 11) is 0. The largest absolute Gasteiger partial charge is 0.350 e. The Hall–Kier alpha value is -1.64. The van der Waals surface area contributed by atoms with Gasteiger partial charge in [-0.3, -0.25) is 0 Å². The maximum absolute atomic E-state index is 5.53. The monoisotopic (exact) mass is 266 g/mol. The van der Waals surface area contributed by atoms with Crippen LogP contribution < -0.4 is 0 Å². The first-order valence-electron chi connectivity index (χ1n) is 7.34. The Morgan fingerprint density at radius 3 is 2.60 bits per heavy atom. The molecule has 0 N–H and O–H groups in total. The quantitative estimate of drug-likeness (QED) is 0.721. The number of rotatable bonds is 3. The van der Waals surface area contributed by atoms with E-state index in [0.29, 0.717) is 0 Å². The van der Waals surface area contributed by atoms with Crippen molar-refractivity contribution in [3.05, 3.63) is 59.2 Å². The van der Waals surface area contributed by atoms with E-state index < -0.39 is 0 Å². The van der Waals surface area contributed by atoms with Gasteiger partial charge in [0.15, 0.2) is 6.29 Å². The van der Waals surface area contributed by atoms with Gasteiger partial charge in [0, 0.05) is 6.42 Å². The zero-order valence-corrected chi connectivity index (χ0v) is 11.5. The topological polar surface area (TPSA) is 18.5 Å². The molecule has 2 aliphatic rings. The summed E-state index contributed by atoms with van der Waals surface area (Å²) in [5.74, 6) is 0. The maximum Gasteiger partial charge on any atom is 0.158 e. The summed E-state index contributed by atoms with van der Waals surface area (Å²) < 4.78 is 11.1.